The van der Waals surface area contributed by atoms with E-state index < -0.39 is 9.62 Å². The van der Waals surface area contributed by atoms with Crippen LogP contribution in [0.25, 0.3) is 0 Å². The summed E-state index contributed by atoms with van der Waals surface area (Å²) in [4.78, 5) is 1.16. The molecule has 3 aromatic carbocycles. The first-order valence-corrected chi connectivity index (χ1v) is 9.52. The molecule has 116 valence electrons. The van der Waals surface area contributed by atoms with Crippen LogP contribution in [0.1, 0.15) is 5.56 Å². The zero-order valence-corrected chi connectivity index (χ0v) is 14.2. The van der Waals surface area contributed by atoms with Crippen LogP contribution in [0, 0.1) is 6.92 Å². The highest BCUT2D eigenvalue weighted by Crippen LogP contribution is 2.25. The molecule has 0 N–H and O–H groups in total. The molecular weight excluding hydrogens is 300 g/mol. The predicted octanol–water partition coefficient (Wildman–Crippen LogP) is 6.17. The van der Waals surface area contributed by atoms with E-state index in [4.69, 9.17) is 8.73 Å². The largest absolute Gasteiger partial charge is 0.213 e. The lowest BCUT2D eigenvalue weighted by atomic mass is 10.2. The Hall–Kier alpha value is -2.39. The maximum Gasteiger partial charge on any atom is 0.0717 e. The van der Waals surface area contributed by atoms with E-state index in [1.54, 1.807) is 0 Å². The molecule has 0 heterocycles. The van der Waals surface area contributed by atoms with Gasteiger partial charge in [-0.2, -0.15) is 0 Å². The minimum absolute atomic E-state index is 0.963. The lowest BCUT2D eigenvalue weighted by Gasteiger charge is -2.12. The van der Waals surface area contributed by atoms with E-state index in [0.717, 1.165) is 16.3 Å². The second kappa shape index (κ2) is 6.80. The molecule has 0 spiro atoms. The van der Waals surface area contributed by atoms with Gasteiger partial charge >= 0.3 is 0 Å². The zero-order chi connectivity index (χ0) is 16.1. The van der Waals surface area contributed by atoms with Gasteiger partial charge in [0, 0.05) is 11.2 Å². The van der Waals surface area contributed by atoms with Crippen molar-refractivity contribution in [3.8, 4) is 0 Å². The van der Waals surface area contributed by atoms with Crippen molar-refractivity contribution in [1.29, 1.82) is 0 Å². The third-order valence-electron chi connectivity index (χ3n) is 3.55. The smallest absolute Gasteiger partial charge is 0.0717 e. The maximum atomic E-state index is 5.00. The molecule has 3 heteroatoms. The van der Waals surface area contributed by atoms with Crippen molar-refractivity contribution in [3.05, 3.63) is 90.5 Å². The van der Waals surface area contributed by atoms with Gasteiger partial charge in [0.2, 0.25) is 0 Å². The number of benzene rings is 3. The van der Waals surface area contributed by atoms with Crippen molar-refractivity contribution < 1.29 is 0 Å². The molecule has 0 aliphatic heterocycles. The van der Waals surface area contributed by atoms with Crippen LogP contribution in [0.4, 0.5) is 11.4 Å². The lowest BCUT2D eigenvalue weighted by Crippen LogP contribution is -1.97. The van der Waals surface area contributed by atoms with Crippen molar-refractivity contribution in [2.75, 3.05) is 6.26 Å². The molecular formula is C20H20N2S. The molecule has 0 aromatic heterocycles. The highest BCUT2D eigenvalue weighted by atomic mass is 32.2. The van der Waals surface area contributed by atoms with E-state index in [1.165, 1.54) is 5.56 Å². The molecule has 3 rings (SSSR count). The number of hydrogen-bond acceptors (Lipinski definition) is 2. The fourth-order valence-corrected chi connectivity index (χ4v) is 4.28. The lowest BCUT2D eigenvalue weighted by molar-refractivity contribution is 1.35. The number of rotatable bonds is 3. The van der Waals surface area contributed by atoms with Gasteiger partial charge in [0.15, 0.2) is 0 Å². The molecule has 0 aliphatic rings. The van der Waals surface area contributed by atoms with Gasteiger partial charge in [-0.05, 0) is 52.9 Å². The van der Waals surface area contributed by atoms with E-state index in [9.17, 15) is 0 Å². The molecule has 3 aromatic rings. The average molecular weight is 320 g/mol. The summed E-state index contributed by atoms with van der Waals surface area (Å²) in [5, 5.41) is 0. The van der Waals surface area contributed by atoms with Gasteiger partial charge in [0.25, 0.3) is 0 Å². The molecule has 0 unspecified atom stereocenters. The minimum Gasteiger partial charge on any atom is -0.213 e. The standard InChI is InChI=1S/C20H20N2S/c1-17-13-15-20(16-14-17)23(2,21-18-9-5-3-6-10-18)22-19-11-7-4-8-12-19/h3-16H,1-2H3. The first-order chi connectivity index (χ1) is 11.2. The normalized spacial score (nSPS) is 11.0. The highest BCUT2D eigenvalue weighted by Gasteiger charge is 2.06. The van der Waals surface area contributed by atoms with Crippen LogP contribution in [0.2, 0.25) is 0 Å². The van der Waals surface area contributed by atoms with E-state index in [1.807, 2.05) is 60.7 Å². The van der Waals surface area contributed by atoms with E-state index in [2.05, 4.69) is 37.4 Å². The van der Waals surface area contributed by atoms with Crippen LogP contribution in [0.15, 0.2) is 98.6 Å². The van der Waals surface area contributed by atoms with Gasteiger partial charge in [0.1, 0.15) is 0 Å². The van der Waals surface area contributed by atoms with E-state index >= 15 is 0 Å². The first-order valence-electron chi connectivity index (χ1n) is 7.57. The molecule has 0 saturated heterocycles. The molecule has 2 nitrogen and oxygen atoms in total. The van der Waals surface area contributed by atoms with Gasteiger partial charge < -0.3 is 0 Å². The summed E-state index contributed by atoms with van der Waals surface area (Å²) in [5.74, 6) is 0. The van der Waals surface area contributed by atoms with Crippen LogP contribution >= 0.6 is 0 Å². The van der Waals surface area contributed by atoms with Crippen molar-refractivity contribution in [2.45, 2.75) is 11.8 Å². The van der Waals surface area contributed by atoms with Gasteiger partial charge in [-0.15, -0.1) is 0 Å². The van der Waals surface area contributed by atoms with Crippen molar-refractivity contribution in [1.82, 2.24) is 0 Å². The summed E-state index contributed by atoms with van der Waals surface area (Å²) >= 11 is 0. The Morgan fingerprint density at radius 3 is 1.48 bits per heavy atom. The Kier molecular flexibility index (Phi) is 4.58. The van der Waals surface area contributed by atoms with Crippen molar-refractivity contribution >= 4 is 21.0 Å². The number of aryl methyl sites for hydroxylation is 1. The van der Waals surface area contributed by atoms with Crippen molar-refractivity contribution in [2.24, 2.45) is 8.73 Å². The Bertz CT molecular complexity index is 838. The van der Waals surface area contributed by atoms with Gasteiger partial charge in [-0.3, -0.25) is 0 Å². The Morgan fingerprint density at radius 1 is 0.609 bits per heavy atom. The highest BCUT2D eigenvalue weighted by molar-refractivity contribution is 7.95. The molecule has 0 amide bonds. The van der Waals surface area contributed by atoms with Crippen LogP contribution in [-0.2, 0) is 9.62 Å². The molecule has 0 aliphatic carbocycles. The molecule has 0 saturated carbocycles. The second-order valence-electron chi connectivity index (χ2n) is 5.50. The summed E-state index contributed by atoms with van der Waals surface area (Å²) < 4.78 is 10.0. The SMILES string of the molecule is Cc1ccc(S(C)(=Nc2ccccc2)=Nc2ccccc2)cc1. The Labute approximate surface area is 138 Å². The maximum absolute atomic E-state index is 5.00. The summed E-state index contributed by atoms with van der Waals surface area (Å²) in [6, 6.07) is 28.7. The third kappa shape index (κ3) is 3.88. The second-order valence-corrected chi connectivity index (χ2v) is 8.00. The molecule has 0 bridgehead atoms. The van der Waals surface area contributed by atoms with E-state index in [-0.39, 0.29) is 0 Å². The molecule has 23 heavy (non-hydrogen) atoms. The molecule has 0 atom stereocenters. The molecule has 0 fully saturated rings. The number of nitrogens with zero attached hydrogens (tertiary/aromatic N) is 2. The Balaban J connectivity index is 2.23. The summed E-state index contributed by atoms with van der Waals surface area (Å²) in [7, 11) is -1.69. The van der Waals surface area contributed by atoms with Crippen LogP contribution in [0.3, 0.4) is 0 Å². The zero-order valence-electron chi connectivity index (χ0n) is 13.4. The van der Waals surface area contributed by atoms with Crippen molar-refractivity contribution in [3.63, 3.8) is 0 Å². The topological polar surface area (TPSA) is 24.7 Å². The van der Waals surface area contributed by atoms with Gasteiger partial charge in [-0.25, -0.2) is 8.73 Å². The van der Waals surface area contributed by atoms with Crippen LogP contribution in [0.5, 0.6) is 0 Å². The summed E-state index contributed by atoms with van der Waals surface area (Å²) in [6.45, 7) is 2.10. The predicted molar refractivity (Wildman–Crippen MR) is 99.8 cm³/mol. The Morgan fingerprint density at radius 2 is 1.04 bits per heavy atom. The number of hydrogen-bond donors (Lipinski definition) is 0. The average Bonchev–Trinajstić information content (AvgIpc) is 2.57. The summed E-state index contributed by atoms with van der Waals surface area (Å²) in [6.07, 6.45) is 2.14. The fraction of sp³-hybridized carbons (Fsp3) is 0.100. The van der Waals surface area contributed by atoms with Gasteiger partial charge in [0.05, 0.1) is 11.4 Å². The van der Waals surface area contributed by atoms with Gasteiger partial charge in [-0.1, -0.05) is 54.1 Å². The monoisotopic (exact) mass is 320 g/mol. The quantitative estimate of drug-likeness (QED) is 0.551. The molecule has 0 radical (unpaired) electrons. The summed E-state index contributed by atoms with van der Waals surface area (Å²) in [5.41, 5.74) is 3.17. The fourth-order valence-electron chi connectivity index (χ4n) is 2.31. The third-order valence-corrected chi connectivity index (χ3v) is 5.84. The first kappa shape index (κ1) is 15.5. The van der Waals surface area contributed by atoms with E-state index in [0.29, 0.717) is 0 Å². The van der Waals surface area contributed by atoms with Crippen LogP contribution in [-0.4, -0.2) is 6.26 Å². The van der Waals surface area contributed by atoms with Crippen LogP contribution < -0.4 is 0 Å². The minimum atomic E-state index is -1.69.